The number of carboxylic acid groups (broad SMARTS) is 1. The van der Waals surface area contributed by atoms with Gasteiger partial charge in [0.1, 0.15) is 11.8 Å². The lowest BCUT2D eigenvalue weighted by Crippen LogP contribution is -2.71. The summed E-state index contributed by atoms with van der Waals surface area (Å²) in [5.41, 5.74) is 4.49. The topological polar surface area (TPSA) is 88.0 Å². The molecule has 0 unspecified atom stereocenters. The van der Waals surface area contributed by atoms with E-state index in [9.17, 15) is 15.0 Å². The zero-order valence-electron chi connectivity index (χ0n) is 9.51. The second-order valence-electron chi connectivity index (χ2n) is 4.29. The van der Waals surface area contributed by atoms with Crippen LogP contribution in [0, 0.1) is 5.92 Å². The number of carbonyl (C=O) groups excluding carboxylic acids is 1. The Hall–Kier alpha value is -1.55. The Labute approximate surface area is 94.7 Å². The maximum Gasteiger partial charge on any atom is 0.132 e. The van der Waals surface area contributed by atoms with Crippen molar-refractivity contribution in [1.82, 2.24) is 0 Å². The first-order valence-electron chi connectivity index (χ1n) is 5.26. The SMILES string of the molecule is CC(C)[C@H](c1ccc(O)cc1)[C@@H]([NH3+])C(=O)[O-]. The van der Waals surface area contributed by atoms with Crippen LogP contribution in [0.5, 0.6) is 5.75 Å². The number of carbonyl (C=O) groups is 1. The van der Waals surface area contributed by atoms with Gasteiger partial charge in [0.15, 0.2) is 0 Å². The Morgan fingerprint density at radius 3 is 2.19 bits per heavy atom. The first-order valence-corrected chi connectivity index (χ1v) is 5.26. The molecule has 88 valence electrons. The Kier molecular flexibility index (Phi) is 3.90. The summed E-state index contributed by atoms with van der Waals surface area (Å²) in [4.78, 5) is 10.9. The number of benzene rings is 1. The third kappa shape index (κ3) is 2.73. The molecule has 1 aromatic carbocycles. The highest BCUT2D eigenvalue weighted by molar-refractivity contribution is 5.70. The summed E-state index contributed by atoms with van der Waals surface area (Å²) in [5, 5.41) is 20.0. The van der Waals surface area contributed by atoms with Gasteiger partial charge in [-0.3, -0.25) is 0 Å². The van der Waals surface area contributed by atoms with Crippen LogP contribution in [0.3, 0.4) is 0 Å². The van der Waals surface area contributed by atoms with E-state index in [0.717, 1.165) is 5.56 Å². The Morgan fingerprint density at radius 1 is 1.31 bits per heavy atom. The van der Waals surface area contributed by atoms with Gasteiger partial charge in [0.2, 0.25) is 0 Å². The first-order chi connectivity index (χ1) is 7.43. The van der Waals surface area contributed by atoms with Gasteiger partial charge in [-0.1, -0.05) is 26.0 Å². The summed E-state index contributed by atoms with van der Waals surface area (Å²) in [6.45, 7) is 3.89. The zero-order valence-corrected chi connectivity index (χ0v) is 9.51. The van der Waals surface area contributed by atoms with Crippen LogP contribution >= 0.6 is 0 Å². The van der Waals surface area contributed by atoms with E-state index in [1.807, 2.05) is 13.8 Å². The Bertz CT molecular complexity index is 359. The summed E-state index contributed by atoms with van der Waals surface area (Å²) in [7, 11) is 0. The summed E-state index contributed by atoms with van der Waals surface area (Å²) >= 11 is 0. The highest BCUT2D eigenvalue weighted by atomic mass is 16.4. The van der Waals surface area contributed by atoms with E-state index >= 15 is 0 Å². The number of rotatable bonds is 4. The normalized spacial score (nSPS) is 14.8. The molecule has 4 heteroatoms. The molecule has 0 radical (unpaired) electrons. The van der Waals surface area contributed by atoms with Crippen molar-refractivity contribution in [2.24, 2.45) is 5.92 Å². The Morgan fingerprint density at radius 2 is 1.81 bits per heavy atom. The third-order valence-electron chi connectivity index (χ3n) is 2.73. The average molecular weight is 223 g/mol. The van der Waals surface area contributed by atoms with E-state index in [1.165, 1.54) is 0 Å². The van der Waals surface area contributed by atoms with Crippen molar-refractivity contribution < 1.29 is 20.7 Å². The highest BCUT2D eigenvalue weighted by Crippen LogP contribution is 2.27. The standard InChI is InChI=1S/C12H17NO3/c1-7(2)10(11(13)12(15)16)8-3-5-9(14)6-4-8/h3-7,10-11,14H,13H2,1-2H3,(H,15,16)/t10-,11-/m1/s1. The molecule has 2 atom stereocenters. The third-order valence-corrected chi connectivity index (χ3v) is 2.73. The minimum atomic E-state index is -1.15. The van der Waals surface area contributed by atoms with Crippen molar-refractivity contribution in [3.63, 3.8) is 0 Å². The predicted molar refractivity (Wildman–Crippen MR) is 57.4 cm³/mol. The maximum absolute atomic E-state index is 10.9. The van der Waals surface area contributed by atoms with Crippen molar-refractivity contribution in [1.29, 1.82) is 0 Å². The number of hydrogen-bond donors (Lipinski definition) is 2. The van der Waals surface area contributed by atoms with Gasteiger partial charge in [-0.05, 0) is 23.6 Å². The monoisotopic (exact) mass is 223 g/mol. The van der Waals surface area contributed by atoms with Crippen LogP contribution in [-0.4, -0.2) is 17.1 Å². The molecular weight excluding hydrogens is 206 g/mol. The number of phenols is 1. The average Bonchev–Trinajstić information content (AvgIpc) is 2.20. The lowest BCUT2D eigenvalue weighted by atomic mass is 9.83. The molecule has 0 heterocycles. The van der Waals surface area contributed by atoms with Gasteiger partial charge in [0.05, 0.1) is 5.97 Å². The molecule has 0 aromatic heterocycles. The minimum Gasteiger partial charge on any atom is -0.544 e. The zero-order chi connectivity index (χ0) is 12.3. The van der Waals surface area contributed by atoms with Gasteiger partial charge >= 0.3 is 0 Å². The molecule has 0 aliphatic carbocycles. The molecule has 1 rings (SSSR count). The van der Waals surface area contributed by atoms with Crippen LogP contribution in [0.1, 0.15) is 25.3 Å². The first kappa shape index (κ1) is 12.5. The van der Waals surface area contributed by atoms with Gasteiger partial charge in [-0.2, -0.15) is 0 Å². The number of aromatic hydroxyl groups is 1. The minimum absolute atomic E-state index is 0.143. The van der Waals surface area contributed by atoms with Crippen molar-refractivity contribution in [2.75, 3.05) is 0 Å². The van der Waals surface area contributed by atoms with Gasteiger partial charge in [0, 0.05) is 5.92 Å². The fourth-order valence-electron chi connectivity index (χ4n) is 1.92. The maximum atomic E-state index is 10.9. The summed E-state index contributed by atoms with van der Waals surface area (Å²) in [6.07, 6.45) is 0. The van der Waals surface area contributed by atoms with Crippen LogP contribution in [0.25, 0.3) is 0 Å². The molecular formula is C12H17NO3. The Balaban J connectivity index is 3.03. The van der Waals surface area contributed by atoms with Crippen molar-refractivity contribution in [2.45, 2.75) is 25.8 Å². The molecule has 0 aliphatic rings. The van der Waals surface area contributed by atoms with Gasteiger partial charge < -0.3 is 20.7 Å². The molecule has 0 spiro atoms. The van der Waals surface area contributed by atoms with Crippen LogP contribution < -0.4 is 10.8 Å². The molecule has 0 bridgehead atoms. The summed E-state index contributed by atoms with van der Waals surface area (Å²) in [5.74, 6) is -1.04. The lowest BCUT2D eigenvalue weighted by molar-refractivity contribution is -0.444. The fourth-order valence-corrected chi connectivity index (χ4v) is 1.92. The molecule has 4 N–H and O–H groups in total. The lowest BCUT2D eigenvalue weighted by Gasteiger charge is -2.25. The van der Waals surface area contributed by atoms with Gasteiger partial charge in [-0.25, -0.2) is 0 Å². The summed E-state index contributed by atoms with van der Waals surface area (Å²) in [6, 6.07) is 5.76. The molecule has 16 heavy (non-hydrogen) atoms. The number of carboxylic acids is 1. The van der Waals surface area contributed by atoms with Crippen molar-refractivity contribution in [3.8, 4) is 5.75 Å². The van der Waals surface area contributed by atoms with Crippen molar-refractivity contribution in [3.05, 3.63) is 29.8 Å². The summed E-state index contributed by atoms with van der Waals surface area (Å²) < 4.78 is 0. The van der Waals surface area contributed by atoms with E-state index in [4.69, 9.17) is 0 Å². The predicted octanol–water partition coefficient (Wildman–Crippen LogP) is -0.508. The number of quaternary nitrogens is 1. The van der Waals surface area contributed by atoms with E-state index < -0.39 is 12.0 Å². The van der Waals surface area contributed by atoms with E-state index in [-0.39, 0.29) is 17.6 Å². The number of hydrogen-bond acceptors (Lipinski definition) is 3. The van der Waals surface area contributed by atoms with Gasteiger partial charge in [-0.15, -0.1) is 0 Å². The van der Waals surface area contributed by atoms with E-state index in [0.29, 0.717) is 0 Å². The van der Waals surface area contributed by atoms with Crippen LogP contribution in [0.15, 0.2) is 24.3 Å². The van der Waals surface area contributed by atoms with Crippen LogP contribution in [0.2, 0.25) is 0 Å². The molecule has 4 nitrogen and oxygen atoms in total. The highest BCUT2D eigenvalue weighted by Gasteiger charge is 2.27. The quantitative estimate of drug-likeness (QED) is 0.720. The molecule has 1 aromatic rings. The molecule has 0 saturated heterocycles. The van der Waals surface area contributed by atoms with Crippen LogP contribution in [-0.2, 0) is 4.79 Å². The fraction of sp³-hybridized carbons (Fsp3) is 0.417. The molecule has 0 amide bonds. The van der Waals surface area contributed by atoms with Crippen LogP contribution in [0.4, 0.5) is 0 Å². The largest absolute Gasteiger partial charge is 0.544 e. The number of aliphatic carboxylic acids is 1. The van der Waals surface area contributed by atoms with E-state index in [2.05, 4.69) is 5.73 Å². The molecule has 0 fully saturated rings. The van der Waals surface area contributed by atoms with E-state index in [1.54, 1.807) is 24.3 Å². The molecule has 0 saturated carbocycles. The smallest absolute Gasteiger partial charge is 0.132 e. The van der Waals surface area contributed by atoms with Crippen molar-refractivity contribution >= 4 is 5.97 Å². The second kappa shape index (κ2) is 4.99. The second-order valence-corrected chi connectivity index (χ2v) is 4.29. The number of phenolic OH excluding ortho intramolecular Hbond substituents is 1. The molecule has 0 aliphatic heterocycles. The van der Waals surface area contributed by atoms with Gasteiger partial charge in [0.25, 0.3) is 0 Å².